The van der Waals surface area contributed by atoms with Crippen LogP contribution in [0.2, 0.25) is 0 Å². The third-order valence-electron chi connectivity index (χ3n) is 6.12. The SMILES string of the molecule is CCN1CC[C@]2(CCC1=O)CN(C(=O)CCc1ccncc1)CCN2C. The standard InChI is InChI=1S/C20H30N4O2/c1-3-23-13-10-20(9-6-19(23)26)16-24(15-14-22(20)2)18(25)5-4-17-7-11-21-12-8-17/h7-8,11-12H,3-6,9-10,13-16H2,1-2H3/t20-/m1/s1. The van der Waals surface area contributed by atoms with Crippen molar-refractivity contribution in [2.75, 3.05) is 39.8 Å². The van der Waals surface area contributed by atoms with Crippen molar-refractivity contribution in [2.24, 2.45) is 0 Å². The summed E-state index contributed by atoms with van der Waals surface area (Å²) in [4.78, 5) is 35.4. The van der Waals surface area contributed by atoms with Crippen LogP contribution in [-0.2, 0) is 16.0 Å². The van der Waals surface area contributed by atoms with E-state index in [2.05, 4.69) is 16.9 Å². The fourth-order valence-corrected chi connectivity index (χ4v) is 4.20. The Morgan fingerprint density at radius 1 is 1.19 bits per heavy atom. The second-order valence-corrected chi connectivity index (χ2v) is 7.54. The van der Waals surface area contributed by atoms with E-state index in [0.717, 1.165) is 57.5 Å². The molecule has 0 saturated carbocycles. The number of hydrogen-bond acceptors (Lipinski definition) is 4. The number of piperazine rings is 1. The van der Waals surface area contributed by atoms with Gasteiger partial charge < -0.3 is 9.80 Å². The lowest BCUT2D eigenvalue weighted by atomic mass is 9.86. The molecule has 6 heteroatoms. The van der Waals surface area contributed by atoms with Crippen molar-refractivity contribution in [3.05, 3.63) is 30.1 Å². The predicted octanol–water partition coefficient (Wildman–Crippen LogP) is 1.56. The minimum atomic E-state index is -0.0653. The molecular formula is C20H30N4O2. The van der Waals surface area contributed by atoms with Crippen LogP contribution >= 0.6 is 0 Å². The Morgan fingerprint density at radius 2 is 1.96 bits per heavy atom. The molecule has 2 amide bonds. The van der Waals surface area contributed by atoms with Gasteiger partial charge in [0.05, 0.1) is 0 Å². The molecule has 2 saturated heterocycles. The summed E-state index contributed by atoms with van der Waals surface area (Å²) >= 11 is 0. The number of aryl methyl sites for hydroxylation is 1. The maximum absolute atomic E-state index is 12.8. The third-order valence-corrected chi connectivity index (χ3v) is 6.12. The molecule has 3 heterocycles. The van der Waals surface area contributed by atoms with E-state index in [1.54, 1.807) is 12.4 Å². The molecule has 1 aromatic heterocycles. The molecule has 2 fully saturated rings. The largest absolute Gasteiger partial charge is 0.343 e. The number of aromatic nitrogens is 1. The number of likely N-dealkylation sites (N-methyl/N-ethyl adjacent to an activating group) is 1. The van der Waals surface area contributed by atoms with Crippen LogP contribution in [0.15, 0.2) is 24.5 Å². The van der Waals surface area contributed by atoms with Gasteiger partial charge in [0.25, 0.3) is 0 Å². The van der Waals surface area contributed by atoms with Crippen molar-refractivity contribution in [3.63, 3.8) is 0 Å². The molecular weight excluding hydrogens is 328 g/mol. The Balaban J connectivity index is 1.63. The molecule has 0 radical (unpaired) electrons. The van der Waals surface area contributed by atoms with Gasteiger partial charge >= 0.3 is 0 Å². The normalized spacial score (nSPS) is 24.8. The van der Waals surface area contributed by atoms with Crippen molar-refractivity contribution in [1.82, 2.24) is 19.7 Å². The molecule has 1 spiro atoms. The molecule has 0 N–H and O–H groups in total. The molecule has 0 unspecified atom stereocenters. The molecule has 0 aliphatic carbocycles. The summed E-state index contributed by atoms with van der Waals surface area (Å²) in [6.07, 6.45) is 7.19. The van der Waals surface area contributed by atoms with Gasteiger partial charge in [0.15, 0.2) is 0 Å². The number of carbonyl (C=O) groups is 2. The highest BCUT2D eigenvalue weighted by Gasteiger charge is 2.43. The number of nitrogens with zero attached hydrogens (tertiary/aromatic N) is 4. The van der Waals surface area contributed by atoms with Crippen LogP contribution in [0.1, 0.15) is 38.2 Å². The summed E-state index contributed by atoms with van der Waals surface area (Å²) in [7, 11) is 2.14. The van der Waals surface area contributed by atoms with E-state index in [9.17, 15) is 9.59 Å². The van der Waals surface area contributed by atoms with Crippen LogP contribution in [0.3, 0.4) is 0 Å². The van der Waals surface area contributed by atoms with Gasteiger partial charge in [-0.2, -0.15) is 0 Å². The molecule has 3 rings (SSSR count). The van der Waals surface area contributed by atoms with Crippen LogP contribution < -0.4 is 0 Å². The van der Waals surface area contributed by atoms with Crippen molar-refractivity contribution in [1.29, 1.82) is 0 Å². The van der Waals surface area contributed by atoms with E-state index in [1.165, 1.54) is 0 Å². The second kappa shape index (κ2) is 8.16. The van der Waals surface area contributed by atoms with Gasteiger partial charge in [-0.3, -0.25) is 19.5 Å². The van der Waals surface area contributed by atoms with Gasteiger partial charge in [-0.25, -0.2) is 0 Å². The topological polar surface area (TPSA) is 56.8 Å². The molecule has 6 nitrogen and oxygen atoms in total. The summed E-state index contributed by atoms with van der Waals surface area (Å²) in [5, 5.41) is 0. The Kier molecular flexibility index (Phi) is 5.91. The number of pyridine rings is 1. The molecule has 2 aliphatic rings. The van der Waals surface area contributed by atoms with E-state index in [4.69, 9.17) is 0 Å². The first-order chi connectivity index (χ1) is 12.5. The van der Waals surface area contributed by atoms with E-state index in [0.29, 0.717) is 12.8 Å². The van der Waals surface area contributed by atoms with Gasteiger partial charge in [0.2, 0.25) is 11.8 Å². The fraction of sp³-hybridized carbons (Fsp3) is 0.650. The first-order valence-electron chi connectivity index (χ1n) is 9.70. The molecule has 1 atom stereocenters. The highest BCUT2D eigenvalue weighted by molar-refractivity contribution is 5.77. The van der Waals surface area contributed by atoms with Gasteiger partial charge in [-0.15, -0.1) is 0 Å². The van der Waals surface area contributed by atoms with Gasteiger partial charge in [-0.05, 0) is 50.9 Å². The van der Waals surface area contributed by atoms with Crippen LogP contribution in [0.5, 0.6) is 0 Å². The Morgan fingerprint density at radius 3 is 2.69 bits per heavy atom. The smallest absolute Gasteiger partial charge is 0.223 e. The first-order valence-corrected chi connectivity index (χ1v) is 9.70. The highest BCUT2D eigenvalue weighted by atomic mass is 16.2. The third kappa shape index (κ3) is 4.06. The van der Waals surface area contributed by atoms with Crippen LogP contribution in [0, 0.1) is 0 Å². The Hall–Kier alpha value is -1.95. The summed E-state index contributed by atoms with van der Waals surface area (Å²) in [5.74, 6) is 0.469. The average Bonchev–Trinajstić information content (AvgIpc) is 2.82. The van der Waals surface area contributed by atoms with Crippen LogP contribution in [0.25, 0.3) is 0 Å². The second-order valence-electron chi connectivity index (χ2n) is 7.54. The maximum atomic E-state index is 12.8. The van der Waals surface area contributed by atoms with E-state index < -0.39 is 0 Å². The summed E-state index contributed by atoms with van der Waals surface area (Å²) < 4.78 is 0. The van der Waals surface area contributed by atoms with E-state index in [1.807, 2.05) is 28.9 Å². The average molecular weight is 358 g/mol. The van der Waals surface area contributed by atoms with Crippen molar-refractivity contribution in [3.8, 4) is 0 Å². The number of amides is 2. The molecule has 142 valence electrons. The Labute approximate surface area is 156 Å². The predicted molar refractivity (Wildman–Crippen MR) is 101 cm³/mol. The lowest BCUT2D eigenvalue weighted by Gasteiger charge is -2.49. The fourth-order valence-electron chi connectivity index (χ4n) is 4.20. The first kappa shape index (κ1) is 18.8. The van der Waals surface area contributed by atoms with Gasteiger partial charge in [-0.1, -0.05) is 0 Å². The summed E-state index contributed by atoms with van der Waals surface area (Å²) in [5.41, 5.74) is 1.08. The number of likely N-dealkylation sites (tertiary alicyclic amines) is 1. The molecule has 0 aromatic carbocycles. The van der Waals surface area contributed by atoms with Crippen molar-refractivity contribution in [2.45, 2.75) is 44.6 Å². The van der Waals surface area contributed by atoms with E-state index >= 15 is 0 Å². The minimum absolute atomic E-state index is 0.0653. The number of rotatable bonds is 4. The summed E-state index contributed by atoms with van der Waals surface area (Å²) in [6, 6.07) is 3.93. The monoisotopic (exact) mass is 358 g/mol. The van der Waals surface area contributed by atoms with Gasteiger partial charge in [0, 0.05) is 63.5 Å². The Bertz CT molecular complexity index is 636. The lowest BCUT2D eigenvalue weighted by Crippen LogP contribution is -2.62. The van der Waals surface area contributed by atoms with Crippen molar-refractivity contribution < 1.29 is 9.59 Å². The minimum Gasteiger partial charge on any atom is -0.343 e. The molecule has 1 aromatic rings. The van der Waals surface area contributed by atoms with E-state index in [-0.39, 0.29) is 17.4 Å². The zero-order chi connectivity index (χ0) is 18.6. The maximum Gasteiger partial charge on any atom is 0.223 e. The summed E-state index contributed by atoms with van der Waals surface area (Å²) in [6.45, 7) is 5.99. The highest BCUT2D eigenvalue weighted by Crippen LogP contribution is 2.32. The lowest BCUT2D eigenvalue weighted by molar-refractivity contribution is -0.136. The van der Waals surface area contributed by atoms with Gasteiger partial charge in [0.1, 0.15) is 0 Å². The quantitative estimate of drug-likeness (QED) is 0.820. The number of carbonyl (C=O) groups excluding carboxylic acids is 2. The number of hydrogen-bond donors (Lipinski definition) is 0. The van der Waals surface area contributed by atoms with Crippen molar-refractivity contribution >= 4 is 11.8 Å². The van der Waals surface area contributed by atoms with Crippen LogP contribution in [-0.4, -0.2) is 76.8 Å². The van der Waals surface area contributed by atoms with Crippen LogP contribution in [0.4, 0.5) is 0 Å². The zero-order valence-corrected chi connectivity index (χ0v) is 16.0. The molecule has 0 bridgehead atoms. The molecule has 2 aliphatic heterocycles. The molecule has 26 heavy (non-hydrogen) atoms. The zero-order valence-electron chi connectivity index (χ0n) is 16.0.